The van der Waals surface area contributed by atoms with Gasteiger partial charge in [0.1, 0.15) is 0 Å². The van der Waals surface area contributed by atoms with Crippen molar-refractivity contribution >= 4 is 5.91 Å². The Bertz CT molecular complexity index is 504. The van der Waals surface area contributed by atoms with E-state index in [0.717, 1.165) is 18.5 Å². The summed E-state index contributed by atoms with van der Waals surface area (Å²) in [7, 11) is 2.15. The van der Waals surface area contributed by atoms with Crippen LogP contribution in [0.5, 0.6) is 0 Å². The number of carbonyl (C=O) groups is 1. The van der Waals surface area contributed by atoms with Gasteiger partial charge >= 0.3 is 0 Å². The van der Waals surface area contributed by atoms with Crippen LogP contribution < -0.4 is 5.32 Å². The summed E-state index contributed by atoms with van der Waals surface area (Å²) in [5.41, 5.74) is 1.67. The molecule has 1 atom stereocenters. The molecular weight excluding hydrogens is 262 g/mol. The lowest BCUT2D eigenvalue weighted by Gasteiger charge is -2.32. The van der Waals surface area contributed by atoms with Crippen LogP contribution in [0.3, 0.4) is 0 Å². The molecule has 112 valence electrons. The Labute approximate surface area is 126 Å². The number of carbonyl (C=O) groups excluding carboxylic acids is 1. The van der Waals surface area contributed by atoms with Gasteiger partial charge in [-0.15, -0.1) is 0 Å². The minimum absolute atomic E-state index is 0.110. The van der Waals surface area contributed by atoms with E-state index in [0.29, 0.717) is 24.6 Å². The third-order valence-corrected chi connectivity index (χ3v) is 4.20. The Morgan fingerprint density at radius 1 is 1.38 bits per heavy atom. The lowest BCUT2D eigenvalue weighted by atomic mass is 9.98. The highest BCUT2D eigenvalue weighted by molar-refractivity contribution is 5.75. The highest BCUT2D eigenvalue weighted by atomic mass is 16.1. The molecule has 21 heavy (non-hydrogen) atoms. The van der Waals surface area contributed by atoms with Crippen molar-refractivity contribution in [2.24, 2.45) is 0 Å². The molecule has 0 aromatic heterocycles. The molecule has 1 fully saturated rings. The summed E-state index contributed by atoms with van der Waals surface area (Å²) in [6, 6.07) is 9.96. The van der Waals surface area contributed by atoms with Crippen molar-refractivity contribution < 1.29 is 4.79 Å². The molecular formula is C17H23N3O. The Hall–Kier alpha value is -1.86. The summed E-state index contributed by atoms with van der Waals surface area (Å²) >= 11 is 0. The van der Waals surface area contributed by atoms with Crippen LogP contribution in [0.1, 0.15) is 43.2 Å². The van der Waals surface area contributed by atoms with Crippen LogP contribution in [0.2, 0.25) is 0 Å². The largest absolute Gasteiger partial charge is 0.352 e. The Morgan fingerprint density at radius 2 is 2.14 bits per heavy atom. The first-order valence-corrected chi connectivity index (χ1v) is 7.65. The number of nitriles is 1. The van der Waals surface area contributed by atoms with Gasteiger partial charge in [0.15, 0.2) is 0 Å². The maximum atomic E-state index is 11.9. The van der Waals surface area contributed by atoms with Gasteiger partial charge < -0.3 is 10.2 Å². The third-order valence-electron chi connectivity index (χ3n) is 4.20. The van der Waals surface area contributed by atoms with Crippen molar-refractivity contribution in [1.29, 1.82) is 5.26 Å². The minimum Gasteiger partial charge on any atom is -0.352 e. The molecule has 0 aliphatic carbocycles. The van der Waals surface area contributed by atoms with E-state index in [9.17, 15) is 4.79 Å². The van der Waals surface area contributed by atoms with Crippen LogP contribution in [-0.2, 0) is 11.3 Å². The van der Waals surface area contributed by atoms with E-state index in [-0.39, 0.29) is 5.91 Å². The molecule has 1 unspecified atom stereocenters. The highest BCUT2D eigenvalue weighted by Gasteiger charge is 2.19. The molecule has 0 radical (unpaired) electrons. The average molecular weight is 285 g/mol. The maximum absolute atomic E-state index is 11.9. The lowest BCUT2D eigenvalue weighted by molar-refractivity contribution is -0.121. The monoisotopic (exact) mass is 285 g/mol. The SMILES string of the molecule is CN1CCCCC1CCC(=O)NCc1ccc(C#N)cc1. The number of benzene rings is 1. The van der Waals surface area contributed by atoms with Crippen LogP contribution >= 0.6 is 0 Å². The molecule has 1 amide bonds. The smallest absolute Gasteiger partial charge is 0.220 e. The van der Waals surface area contributed by atoms with Crippen molar-refractivity contribution in [2.45, 2.75) is 44.7 Å². The van der Waals surface area contributed by atoms with Crippen molar-refractivity contribution in [3.05, 3.63) is 35.4 Å². The first kappa shape index (κ1) is 15.5. The second-order valence-electron chi connectivity index (χ2n) is 5.75. The fourth-order valence-corrected chi connectivity index (χ4v) is 2.79. The summed E-state index contributed by atoms with van der Waals surface area (Å²) < 4.78 is 0. The predicted octanol–water partition coefficient (Wildman–Crippen LogP) is 2.44. The van der Waals surface area contributed by atoms with Crippen LogP contribution in [0, 0.1) is 11.3 Å². The zero-order valence-corrected chi connectivity index (χ0v) is 12.6. The number of nitrogens with one attached hydrogen (secondary N) is 1. The van der Waals surface area contributed by atoms with E-state index >= 15 is 0 Å². The lowest BCUT2D eigenvalue weighted by Crippen LogP contribution is -2.37. The number of amides is 1. The summed E-state index contributed by atoms with van der Waals surface area (Å²) in [5.74, 6) is 0.110. The molecule has 0 spiro atoms. The minimum atomic E-state index is 0.110. The van der Waals surface area contributed by atoms with Crippen LogP contribution in [0.15, 0.2) is 24.3 Å². The first-order chi connectivity index (χ1) is 10.2. The molecule has 2 rings (SSSR count). The highest BCUT2D eigenvalue weighted by Crippen LogP contribution is 2.18. The number of hydrogen-bond acceptors (Lipinski definition) is 3. The van der Waals surface area contributed by atoms with Gasteiger partial charge in [-0.25, -0.2) is 0 Å². The third kappa shape index (κ3) is 4.87. The van der Waals surface area contributed by atoms with E-state index in [1.807, 2.05) is 12.1 Å². The normalized spacial score (nSPS) is 19.0. The van der Waals surface area contributed by atoms with Gasteiger partial charge in [-0.3, -0.25) is 4.79 Å². The standard InChI is InChI=1S/C17H23N3O/c1-20-11-3-2-4-16(20)9-10-17(21)19-13-15-7-5-14(12-18)6-8-15/h5-8,16H,2-4,9-11,13H2,1H3,(H,19,21). The number of rotatable bonds is 5. The Morgan fingerprint density at radius 3 is 2.81 bits per heavy atom. The molecule has 1 heterocycles. The fraction of sp³-hybridized carbons (Fsp3) is 0.529. The molecule has 1 saturated heterocycles. The second-order valence-corrected chi connectivity index (χ2v) is 5.75. The first-order valence-electron chi connectivity index (χ1n) is 7.65. The van der Waals surface area contributed by atoms with E-state index in [1.165, 1.54) is 19.3 Å². The van der Waals surface area contributed by atoms with Crippen molar-refractivity contribution in [3.63, 3.8) is 0 Å². The molecule has 4 nitrogen and oxygen atoms in total. The fourth-order valence-electron chi connectivity index (χ4n) is 2.79. The van der Waals surface area contributed by atoms with E-state index in [2.05, 4.69) is 23.3 Å². The number of likely N-dealkylation sites (tertiary alicyclic amines) is 1. The van der Waals surface area contributed by atoms with Gasteiger partial charge in [-0.05, 0) is 50.6 Å². The molecule has 1 aliphatic heterocycles. The topological polar surface area (TPSA) is 56.1 Å². The van der Waals surface area contributed by atoms with Crippen molar-refractivity contribution in [2.75, 3.05) is 13.6 Å². The molecule has 1 aromatic rings. The van der Waals surface area contributed by atoms with Gasteiger partial charge in [0.2, 0.25) is 5.91 Å². The zero-order valence-electron chi connectivity index (χ0n) is 12.6. The summed E-state index contributed by atoms with van der Waals surface area (Å²) in [6.07, 6.45) is 5.29. The molecule has 0 bridgehead atoms. The molecule has 1 aromatic carbocycles. The van der Waals surface area contributed by atoms with Gasteiger partial charge in [-0.1, -0.05) is 18.6 Å². The van der Waals surface area contributed by atoms with E-state index in [4.69, 9.17) is 5.26 Å². The Balaban J connectivity index is 1.70. The second kappa shape index (κ2) is 7.80. The van der Waals surface area contributed by atoms with Gasteiger partial charge in [0.25, 0.3) is 0 Å². The quantitative estimate of drug-likeness (QED) is 0.904. The summed E-state index contributed by atoms with van der Waals surface area (Å²) in [4.78, 5) is 14.3. The Kier molecular flexibility index (Phi) is 5.77. The predicted molar refractivity (Wildman–Crippen MR) is 82.5 cm³/mol. The average Bonchev–Trinajstić information content (AvgIpc) is 2.52. The molecule has 1 N–H and O–H groups in total. The summed E-state index contributed by atoms with van der Waals surface area (Å²) in [5, 5.41) is 11.7. The van der Waals surface area contributed by atoms with Crippen LogP contribution in [0.4, 0.5) is 0 Å². The van der Waals surface area contributed by atoms with Gasteiger partial charge in [0.05, 0.1) is 11.6 Å². The number of nitrogens with zero attached hydrogens (tertiary/aromatic N) is 2. The van der Waals surface area contributed by atoms with Crippen LogP contribution in [0.25, 0.3) is 0 Å². The number of hydrogen-bond donors (Lipinski definition) is 1. The number of piperidine rings is 1. The van der Waals surface area contributed by atoms with E-state index in [1.54, 1.807) is 12.1 Å². The maximum Gasteiger partial charge on any atom is 0.220 e. The van der Waals surface area contributed by atoms with Gasteiger partial charge in [0, 0.05) is 19.0 Å². The van der Waals surface area contributed by atoms with Crippen molar-refractivity contribution in [1.82, 2.24) is 10.2 Å². The van der Waals surface area contributed by atoms with Crippen molar-refractivity contribution in [3.8, 4) is 6.07 Å². The van der Waals surface area contributed by atoms with E-state index < -0.39 is 0 Å². The van der Waals surface area contributed by atoms with Gasteiger partial charge in [-0.2, -0.15) is 5.26 Å². The van der Waals surface area contributed by atoms with Crippen LogP contribution in [-0.4, -0.2) is 30.4 Å². The molecule has 1 aliphatic rings. The molecule has 0 saturated carbocycles. The zero-order chi connectivity index (χ0) is 15.1. The summed E-state index contributed by atoms with van der Waals surface area (Å²) in [6.45, 7) is 1.68. The molecule has 4 heteroatoms.